The molecule has 0 fully saturated rings. The number of anilines is 9. The molecule has 19 nitrogen and oxygen atoms in total. The van der Waals surface area contributed by atoms with Crippen molar-refractivity contribution in [1.82, 2.24) is 29.9 Å². The highest BCUT2D eigenvalue weighted by Gasteiger charge is 2.23. The van der Waals surface area contributed by atoms with E-state index in [-0.39, 0.29) is 57.5 Å². The molecule has 2 heterocycles. The molecule has 6 aromatic rings. The number of nitrogens with one attached hydrogen (secondary N) is 4. The Bertz CT molecular complexity index is 2670. The van der Waals surface area contributed by atoms with Crippen molar-refractivity contribution < 1.29 is 36.2 Å². The summed E-state index contributed by atoms with van der Waals surface area (Å²) in [7, 11) is -9.75. The van der Waals surface area contributed by atoms with E-state index in [2.05, 4.69) is 51.2 Å². The molecule has 0 aliphatic carbocycles. The van der Waals surface area contributed by atoms with Crippen molar-refractivity contribution in [1.29, 1.82) is 0 Å². The van der Waals surface area contributed by atoms with Gasteiger partial charge >= 0.3 is 0 Å². The van der Waals surface area contributed by atoms with E-state index >= 15 is 0 Å². The van der Waals surface area contributed by atoms with Crippen molar-refractivity contribution in [2.75, 3.05) is 26.2 Å². The molecule has 0 radical (unpaired) electrons. The van der Waals surface area contributed by atoms with Crippen LogP contribution in [-0.4, -0.2) is 78.5 Å². The zero-order valence-electron chi connectivity index (χ0n) is 30.3. The maximum Gasteiger partial charge on any atom is 0.295 e. The lowest BCUT2D eigenvalue weighted by molar-refractivity contribution is 0.103. The quantitative estimate of drug-likeness (QED) is 0.0343. The molecule has 8 N–H and O–H groups in total. The maximum atomic E-state index is 12.6. The van der Waals surface area contributed by atoms with Gasteiger partial charge in [-0.2, -0.15) is 46.7 Å². The summed E-state index contributed by atoms with van der Waals surface area (Å²) < 4.78 is 70.6. The van der Waals surface area contributed by atoms with Crippen LogP contribution < -0.4 is 26.2 Å². The van der Waals surface area contributed by atoms with Gasteiger partial charge in [0.1, 0.15) is 22.2 Å². The van der Waals surface area contributed by atoms with Crippen LogP contribution in [0.1, 0.15) is 25.0 Å². The summed E-state index contributed by atoms with van der Waals surface area (Å²) in [5.41, 5.74) is 1.39. The van der Waals surface area contributed by atoms with E-state index in [4.69, 9.17) is 11.6 Å². The predicted molar refractivity (Wildman–Crippen MR) is 218 cm³/mol. The molecule has 22 heteroatoms. The van der Waals surface area contributed by atoms with Crippen molar-refractivity contribution in [3.05, 3.63) is 113 Å². The van der Waals surface area contributed by atoms with Crippen LogP contribution in [0.15, 0.2) is 107 Å². The summed E-state index contributed by atoms with van der Waals surface area (Å²) in [6, 6.07) is 25.6. The number of aliphatic hydroxyl groups is 2. The fraction of sp³-hybridized carbons (Fsp3) is 0.111. The third-order valence-corrected chi connectivity index (χ3v) is 9.85. The van der Waals surface area contributed by atoms with Gasteiger partial charge < -0.3 is 31.5 Å². The predicted octanol–water partition coefficient (Wildman–Crippen LogP) is 5.83. The molecule has 2 unspecified atom stereocenters. The van der Waals surface area contributed by atoms with Gasteiger partial charge in [0.05, 0.1) is 0 Å². The number of aliphatic hydroxyl groups excluding tert-OH is 2. The molecule has 2 aromatic heterocycles. The van der Waals surface area contributed by atoms with E-state index in [1.165, 1.54) is 50.3 Å². The second-order valence-electron chi connectivity index (χ2n) is 12.2. The van der Waals surface area contributed by atoms with Crippen LogP contribution in [0.5, 0.6) is 0 Å². The van der Waals surface area contributed by atoms with Crippen LogP contribution in [0.25, 0.3) is 12.2 Å². The molecule has 4 aromatic carbocycles. The van der Waals surface area contributed by atoms with Gasteiger partial charge in [0.15, 0.2) is 0 Å². The first-order valence-corrected chi connectivity index (χ1v) is 20.2. The molecule has 300 valence electrons. The first kappa shape index (κ1) is 41.3. The lowest BCUT2D eigenvalue weighted by Gasteiger charge is -2.28. The molecule has 6 rings (SSSR count). The van der Waals surface area contributed by atoms with Crippen LogP contribution in [-0.2, 0) is 20.2 Å². The minimum Gasteiger partial charge on any atom is -0.374 e. The van der Waals surface area contributed by atoms with E-state index in [0.29, 0.717) is 11.4 Å². The van der Waals surface area contributed by atoms with Gasteiger partial charge in [-0.25, -0.2) is 0 Å². The second kappa shape index (κ2) is 17.4. The van der Waals surface area contributed by atoms with Crippen molar-refractivity contribution in [2.24, 2.45) is 0 Å². The van der Waals surface area contributed by atoms with E-state index < -0.39 is 42.5 Å². The number of halogens is 1. The lowest BCUT2D eigenvalue weighted by atomic mass is 10.1. The number of benzene rings is 4. The minimum atomic E-state index is -4.90. The van der Waals surface area contributed by atoms with Gasteiger partial charge in [0, 0.05) is 22.7 Å². The molecule has 2 atom stereocenters. The molecule has 0 saturated heterocycles. The molecular weight excluding hydrogens is 814 g/mol. The highest BCUT2D eigenvalue weighted by Crippen LogP contribution is 2.29. The molecular formula is C36H34ClN11O8S2. The third kappa shape index (κ3) is 10.7. The Balaban J connectivity index is 1.29. The average molecular weight is 848 g/mol. The zero-order chi connectivity index (χ0) is 41.6. The first-order chi connectivity index (χ1) is 27.5. The van der Waals surface area contributed by atoms with Gasteiger partial charge in [-0.15, -0.1) is 0 Å². The van der Waals surface area contributed by atoms with E-state index in [9.17, 15) is 36.2 Å². The molecule has 0 aliphatic heterocycles. The maximum absolute atomic E-state index is 12.6. The minimum absolute atomic E-state index is 0.0114. The van der Waals surface area contributed by atoms with Crippen molar-refractivity contribution >= 4 is 96.5 Å². The van der Waals surface area contributed by atoms with Crippen LogP contribution in [0.4, 0.5) is 52.5 Å². The van der Waals surface area contributed by atoms with Crippen LogP contribution in [0.2, 0.25) is 5.28 Å². The number of nitrogens with zero attached hydrogens (tertiary/aromatic N) is 7. The van der Waals surface area contributed by atoms with Gasteiger partial charge in [0.25, 0.3) is 20.2 Å². The van der Waals surface area contributed by atoms with Crippen LogP contribution >= 0.6 is 11.6 Å². The third-order valence-electron chi connectivity index (χ3n) is 7.87. The van der Waals surface area contributed by atoms with Crippen LogP contribution in [0, 0.1) is 0 Å². The average Bonchev–Trinajstić information content (AvgIpc) is 3.14. The number of aromatic nitrogens is 6. The Hall–Kier alpha value is -6.33. The normalized spacial score (nSPS) is 12.8. The monoisotopic (exact) mass is 847 g/mol. The number of rotatable bonds is 15. The van der Waals surface area contributed by atoms with Crippen molar-refractivity contribution in [3.8, 4) is 0 Å². The molecule has 0 spiro atoms. The molecule has 0 amide bonds. The topological polar surface area (TPSA) is 278 Å². The summed E-state index contributed by atoms with van der Waals surface area (Å²) in [5.74, 6) is -0.198. The Labute approximate surface area is 337 Å². The summed E-state index contributed by atoms with van der Waals surface area (Å²) in [4.78, 5) is 25.2. The SMILES string of the molecule is CC(O)N(c1nc(Nc2ccccc2)nc(Nc2ccc(C=Cc3ccc(Nc4nc(Cl)nc(Nc5ccccc5)n4)cc3S(=O)(=O)O)c(S(=O)(=O)O)c2)n1)C(C)O. The van der Waals surface area contributed by atoms with Crippen LogP contribution in [0.3, 0.4) is 0 Å². The standard InChI is InChI=1S/C36H34ClN11O8S2/c1-21(49)48(22(2)50)36-46-34(39-26-11-7-4-8-12-26)45-35(47-36)41-28-18-16-24(30(20-28)58(54,55)56)14-13-23-15-17-27(19-29(23)57(51,52)53)40-33-43-31(37)42-32(44-33)38-25-9-5-3-6-10-25/h3-22,49-50H,1-2H3,(H,51,52,53)(H,54,55,56)(H2,38,40,42,43,44)(H2,39,41,45,46,47). The number of hydrogen-bond donors (Lipinski definition) is 8. The Morgan fingerprint density at radius 3 is 1.28 bits per heavy atom. The van der Waals surface area contributed by atoms with Gasteiger partial charge in [-0.05, 0) is 85.1 Å². The Morgan fingerprint density at radius 2 is 0.914 bits per heavy atom. The molecule has 0 saturated carbocycles. The van der Waals surface area contributed by atoms with Crippen molar-refractivity contribution in [3.63, 3.8) is 0 Å². The highest BCUT2D eigenvalue weighted by atomic mass is 35.5. The Morgan fingerprint density at radius 1 is 0.552 bits per heavy atom. The highest BCUT2D eigenvalue weighted by molar-refractivity contribution is 7.86. The molecule has 0 bridgehead atoms. The second-order valence-corrected chi connectivity index (χ2v) is 15.3. The number of para-hydroxylation sites is 2. The van der Waals surface area contributed by atoms with Gasteiger partial charge in [-0.3, -0.25) is 14.0 Å². The van der Waals surface area contributed by atoms with Crippen molar-refractivity contribution in [2.45, 2.75) is 36.1 Å². The summed E-state index contributed by atoms with van der Waals surface area (Å²) >= 11 is 6.10. The Kier molecular flexibility index (Phi) is 12.4. The van der Waals surface area contributed by atoms with E-state index in [0.717, 1.165) is 17.0 Å². The van der Waals surface area contributed by atoms with E-state index in [1.54, 1.807) is 48.5 Å². The molecule has 58 heavy (non-hydrogen) atoms. The summed E-state index contributed by atoms with van der Waals surface area (Å²) in [5, 5.41) is 32.2. The summed E-state index contributed by atoms with van der Waals surface area (Å²) in [6.45, 7) is 2.80. The molecule has 0 aliphatic rings. The fourth-order valence-corrected chi connectivity index (χ4v) is 6.97. The smallest absolute Gasteiger partial charge is 0.295 e. The summed E-state index contributed by atoms with van der Waals surface area (Å²) in [6.07, 6.45) is 0.00257. The van der Waals surface area contributed by atoms with Gasteiger partial charge in [-0.1, -0.05) is 60.7 Å². The largest absolute Gasteiger partial charge is 0.374 e. The first-order valence-electron chi connectivity index (χ1n) is 16.9. The van der Waals surface area contributed by atoms with E-state index in [1.807, 2.05) is 12.1 Å². The number of hydrogen-bond acceptors (Lipinski definition) is 17. The zero-order valence-corrected chi connectivity index (χ0v) is 32.7. The van der Waals surface area contributed by atoms with Gasteiger partial charge in [0.2, 0.25) is 35.0 Å². The fourth-order valence-electron chi connectivity index (χ4n) is 5.39. The lowest BCUT2D eigenvalue weighted by Crippen LogP contribution is -2.41.